The van der Waals surface area contributed by atoms with E-state index in [4.69, 9.17) is 24.6 Å². The molecule has 0 aliphatic carbocycles. The first-order valence-electron chi connectivity index (χ1n) is 24.7. The number of unbranched alkanes of at least 4 members (excludes halogenated alkanes) is 18. The fraction of sp³-hybridized carbons (Fsp3) is 0.898. The molecular weight excluding hydrogens is 836 g/mol. The minimum Gasteiger partial charge on any atom is -0.480 e. The Morgan fingerprint density at radius 3 is 1.30 bits per heavy atom. The van der Waals surface area contributed by atoms with E-state index in [1.807, 2.05) is 62.3 Å². The normalized spacial score (nSPS) is 13.0. The van der Waals surface area contributed by atoms with Crippen LogP contribution in [-0.4, -0.2) is 90.3 Å². The van der Waals surface area contributed by atoms with Crippen LogP contribution < -0.4 is 21.7 Å². The Bertz CT molecular complexity index is 1260. The number of methoxy groups -OCH3 is 1. The minimum absolute atomic E-state index is 0.0417. The summed E-state index contributed by atoms with van der Waals surface area (Å²) in [5.74, 6) is -1.38. The number of aldehydes is 1. The number of amides is 3. The second kappa shape index (κ2) is 37.7. The predicted octanol–water partition coefficient (Wildman–Crippen LogP) is 10.7. The van der Waals surface area contributed by atoms with Gasteiger partial charge in [0.1, 0.15) is 12.3 Å². The molecule has 15 heteroatoms. The number of carboxylic acid groups (broad SMARTS) is 1. The summed E-state index contributed by atoms with van der Waals surface area (Å²) >= 11 is 0. The third-order valence-electron chi connectivity index (χ3n) is 10.2. The van der Waals surface area contributed by atoms with Gasteiger partial charge >= 0.3 is 13.6 Å². The molecule has 2 atom stereocenters. The number of aliphatic carboxylic acids is 1. The van der Waals surface area contributed by atoms with Crippen molar-refractivity contribution >= 4 is 37.6 Å². The van der Waals surface area contributed by atoms with Gasteiger partial charge in [-0.2, -0.15) is 0 Å². The van der Waals surface area contributed by atoms with Crippen molar-refractivity contribution in [2.24, 2.45) is 5.73 Å². The molecule has 6 N–H and O–H groups in total. The van der Waals surface area contributed by atoms with Gasteiger partial charge in [-0.3, -0.25) is 23.7 Å². The van der Waals surface area contributed by atoms with E-state index in [1.54, 1.807) is 7.11 Å². The summed E-state index contributed by atoms with van der Waals surface area (Å²) in [7, 11) is -1.42. The smallest absolute Gasteiger partial charge is 0.331 e. The lowest BCUT2D eigenvalue weighted by Gasteiger charge is -2.32. The van der Waals surface area contributed by atoms with Crippen molar-refractivity contribution in [1.29, 1.82) is 0 Å². The SMILES string of the molecule is CC(C)(C)OP(=O)(CCCCCCCCCCCCCCCCCCC(=O)NC(C=O)CCC(=O)NCCCCCC(=O)NCCCCC(N)C(=O)O)OC(C)(C)C.COC(C)(C)C. The lowest BCUT2D eigenvalue weighted by Crippen LogP contribution is -2.37. The summed E-state index contributed by atoms with van der Waals surface area (Å²) in [4.78, 5) is 58.7. The molecule has 0 aromatic heterocycles. The Hall–Kier alpha value is -2.38. The van der Waals surface area contributed by atoms with Crippen LogP contribution in [0.4, 0.5) is 0 Å². The van der Waals surface area contributed by atoms with Gasteiger partial charge in [0.25, 0.3) is 0 Å². The molecule has 0 radical (unpaired) electrons. The van der Waals surface area contributed by atoms with Gasteiger partial charge in [0.2, 0.25) is 17.7 Å². The molecule has 378 valence electrons. The minimum atomic E-state index is -3.12. The number of carbonyl (C=O) groups excluding carboxylic acids is 4. The number of carboxylic acids is 1. The third kappa shape index (κ3) is 46.2. The number of rotatable bonds is 38. The van der Waals surface area contributed by atoms with Crippen molar-refractivity contribution < 1.29 is 47.4 Å². The molecule has 0 saturated heterocycles. The fourth-order valence-electron chi connectivity index (χ4n) is 6.58. The van der Waals surface area contributed by atoms with Gasteiger partial charge in [-0.15, -0.1) is 0 Å². The summed E-state index contributed by atoms with van der Waals surface area (Å²) < 4.78 is 30.0. The lowest BCUT2D eigenvalue weighted by atomic mass is 10.0. The van der Waals surface area contributed by atoms with Gasteiger partial charge in [-0.05, 0) is 114 Å². The number of nitrogens with two attached hydrogens (primary N) is 1. The zero-order valence-electron chi connectivity index (χ0n) is 42.4. The first kappa shape index (κ1) is 63.7. The quantitative estimate of drug-likeness (QED) is 0.0223. The third-order valence-corrected chi connectivity index (χ3v) is 12.7. The van der Waals surface area contributed by atoms with Gasteiger partial charge in [0, 0.05) is 39.5 Å². The maximum Gasteiger partial charge on any atom is 0.331 e. The summed E-state index contributed by atoms with van der Waals surface area (Å²) in [6, 6.07) is -1.53. The van der Waals surface area contributed by atoms with Crippen molar-refractivity contribution in [3.63, 3.8) is 0 Å². The first-order chi connectivity index (χ1) is 29.9. The Kier molecular flexibility index (Phi) is 37.5. The van der Waals surface area contributed by atoms with Crippen molar-refractivity contribution in [2.75, 3.05) is 26.4 Å². The van der Waals surface area contributed by atoms with Crippen LogP contribution in [0.5, 0.6) is 0 Å². The van der Waals surface area contributed by atoms with Crippen molar-refractivity contribution in [2.45, 2.75) is 258 Å². The molecule has 2 unspecified atom stereocenters. The molecule has 64 heavy (non-hydrogen) atoms. The average molecular weight is 933 g/mol. The van der Waals surface area contributed by atoms with E-state index < -0.39 is 36.9 Å². The standard InChI is InChI=1S/C44H85N4O9P.C5H12O/c1-43(2,3)56-58(55,57-44(4,5)6)35-27-20-18-16-14-12-10-8-7-9-11-13-15-17-19-22-30-41(52)48-37(36-49)31-32-40(51)47-33-25-21-23-29-39(50)46-34-26-24-28-38(45)42(53)54;1-5(2,3)6-4/h36-38H,7-35,45H2,1-6H3,(H,46,50)(H,47,51)(H,48,52)(H,53,54);1-4H3. The summed E-state index contributed by atoms with van der Waals surface area (Å²) in [6.45, 7) is 18.6. The van der Waals surface area contributed by atoms with Gasteiger partial charge in [-0.1, -0.05) is 96.3 Å². The van der Waals surface area contributed by atoms with Crippen molar-refractivity contribution in [1.82, 2.24) is 16.0 Å². The van der Waals surface area contributed by atoms with Crippen LogP contribution in [0, 0.1) is 0 Å². The first-order valence-corrected chi connectivity index (χ1v) is 26.5. The molecule has 3 amide bonds. The van der Waals surface area contributed by atoms with E-state index in [0.29, 0.717) is 64.1 Å². The maximum absolute atomic E-state index is 13.3. The Morgan fingerprint density at radius 2 is 0.906 bits per heavy atom. The number of hydrogen-bond donors (Lipinski definition) is 5. The van der Waals surface area contributed by atoms with Gasteiger partial charge in [0.15, 0.2) is 0 Å². The van der Waals surface area contributed by atoms with Gasteiger partial charge in [0.05, 0.1) is 29.0 Å². The lowest BCUT2D eigenvalue weighted by molar-refractivity contribution is -0.138. The average Bonchev–Trinajstić information content (AvgIpc) is 3.18. The Morgan fingerprint density at radius 1 is 0.547 bits per heavy atom. The molecule has 0 heterocycles. The highest BCUT2D eigenvalue weighted by Crippen LogP contribution is 2.55. The highest BCUT2D eigenvalue weighted by molar-refractivity contribution is 7.53. The molecule has 0 aromatic carbocycles. The molecule has 0 saturated carbocycles. The van der Waals surface area contributed by atoms with Gasteiger partial charge in [-0.25, -0.2) is 0 Å². The van der Waals surface area contributed by atoms with Crippen LogP contribution in [0.2, 0.25) is 0 Å². The molecule has 0 rings (SSSR count). The van der Waals surface area contributed by atoms with Gasteiger partial charge < -0.3 is 45.4 Å². The monoisotopic (exact) mass is 933 g/mol. The van der Waals surface area contributed by atoms with Crippen LogP contribution in [0.25, 0.3) is 0 Å². The van der Waals surface area contributed by atoms with E-state index >= 15 is 0 Å². The molecule has 14 nitrogen and oxygen atoms in total. The highest BCUT2D eigenvalue weighted by Gasteiger charge is 2.34. The van der Waals surface area contributed by atoms with Crippen molar-refractivity contribution in [3.05, 3.63) is 0 Å². The van der Waals surface area contributed by atoms with Crippen LogP contribution in [0.3, 0.4) is 0 Å². The topological polar surface area (TPSA) is 212 Å². The number of hydrogen-bond acceptors (Lipinski definition) is 10. The van der Waals surface area contributed by atoms with E-state index in [9.17, 15) is 28.5 Å². The molecule has 0 bridgehead atoms. The number of carbonyl (C=O) groups is 5. The van der Waals surface area contributed by atoms with Crippen molar-refractivity contribution in [3.8, 4) is 0 Å². The largest absolute Gasteiger partial charge is 0.480 e. The zero-order valence-corrected chi connectivity index (χ0v) is 43.3. The zero-order chi connectivity index (χ0) is 48.9. The molecular formula is C49H97N4O10P. The summed E-state index contributed by atoms with van der Waals surface area (Å²) in [5, 5.41) is 17.2. The van der Waals surface area contributed by atoms with Crippen LogP contribution in [0.1, 0.15) is 229 Å². The highest BCUT2D eigenvalue weighted by atomic mass is 31.2. The maximum atomic E-state index is 13.3. The molecule has 0 spiro atoms. The Balaban J connectivity index is 0. The molecule has 0 aliphatic rings. The van der Waals surface area contributed by atoms with E-state index in [1.165, 1.54) is 64.2 Å². The Labute approximate surface area is 390 Å². The number of nitrogens with one attached hydrogen (secondary N) is 3. The second-order valence-corrected chi connectivity index (χ2v) is 22.3. The van der Waals surface area contributed by atoms with Crippen LogP contribution >= 0.6 is 7.60 Å². The summed E-state index contributed by atoms with van der Waals surface area (Å²) in [6.07, 6.45) is 24.8. The van der Waals surface area contributed by atoms with Crippen LogP contribution in [0.15, 0.2) is 0 Å². The molecule has 0 fully saturated rings. The van der Waals surface area contributed by atoms with E-state index in [2.05, 4.69) is 16.0 Å². The van der Waals surface area contributed by atoms with Crippen LogP contribution in [-0.2, 0) is 42.3 Å². The molecule has 0 aliphatic heterocycles. The summed E-state index contributed by atoms with van der Waals surface area (Å²) in [5.41, 5.74) is 4.50. The molecule has 0 aromatic rings. The fourth-order valence-corrected chi connectivity index (χ4v) is 9.08. The predicted molar refractivity (Wildman–Crippen MR) is 261 cm³/mol. The number of ether oxygens (including phenoxy) is 1. The van der Waals surface area contributed by atoms with E-state index in [0.717, 1.165) is 51.4 Å². The second-order valence-electron chi connectivity index (χ2n) is 20.3. The van der Waals surface area contributed by atoms with E-state index in [-0.39, 0.29) is 36.2 Å².